The van der Waals surface area contributed by atoms with Crippen molar-refractivity contribution in [3.05, 3.63) is 58.6 Å². The van der Waals surface area contributed by atoms with Crippen molar-refractivity contribution in [1.82, 2.24) is 0 Å². The summed E-state index contributed by atoms with van der Waals surface area (Å²) >= 11 is 0. The van der Waals surface area contributed by atoms with E-state index in [1.54, 1.807) is 12.1 Å². The van der Waals surface area contributed by atoms with E-state index < -0.39 is 4.92 Å². The number of nitrogens with zero attached hydrogens (tertiary/aromatic N) is 4. The first-order valence-corrected chi connectivity index (χ1v) is 8.13. The number of hydrogen-bond donors (Lipinski definition) is 0. The Bertz CT molecular complexity index is 718. The molecule has 6 nitrogen and oxygen atoms in total. The molecule has 1 saturated heterocycles. The zero-order valence-electron chi connectivity index (χ0n) is 13.6. The van der Waals surface area contributed by atoms with E-state index in [1.807, 2.05) is 12.1 Å². The summed E-state index contributed by atoms with van der Waals surface area (Å²) in [7, 11) is 0. The van der Waals surface area contributed by atoms with Gasteiger partial charge in [0.25, 0.3) is 5.69 Å². The Hall–Kier alpha value is -2.76. The maximum absolute atomic E-state index is 10.6. The van der Waals surface area contributed by atoms with Gasteiger partial charge in [-0.3, -0.25) is 10.1 Å². The van der Waals surface area contributed by atoms with Crippen molar-refractivity contribution in [2.24, 2.45) is 16.1 Å². The highest BCUT2D eigenvalue weighted by molar-refractivity contribution is 5.53. The summed E-state index contributed by atoms with van der Waals surface area (Å²) in [6, 6.07) is 14.1. The van der Waals surface area contributed by atoms with E-state index >= 15 is 0 Å². The van der Waals surface area contributed by atoms with Crippen LogP contribution in [0.1, 0.15) is 19.8 Å². The largest absolute Gasteiger partial charge is 0.372 e. The molecule has 0 spiro atoms. The van der Waals surface area contributed by atoms with Crippen molar-refractivity contribution < 1.29 is 4.92 Å². The van der Waals surface area contributed by atoms with E-state index in [1.165, 1.54) is 30.7 Å². The molecule has 1 aliphatic rings. The predicted molar refractivity (Wildman–Crippen MR) is 94.3 cm³/mol. The van der Waals surface area contributed by atoms with Crippen molar-refractivity contribution in [3.8, 4) is 0 Å². The van der Waals surface area contributed by atoms with Crippen LogP contribution in [-0.2, 0) is 0 Å². The van der Waals surface area contributed by atoms with Crippen molar-refractivity contribution >= 4 is 22.7 Å². The molecule has 1 aliphatic heterocycles. The molecule has 6 heteroatoms. The molecule has 2 aromatic rings. The number of nitro benzene ring substituents is 1. The first kappa shape index (κ1) is 16.1. The molecule has 124 valence electrons. The Morgan fingerprint density at radius 1 is 0.958 bits per heavy atom. The van der Waals surface area contributed by atoms with Gasteiger partial charge in [-0.15, -0.1) is 0 Å². The molecule has 0 aromatic heterocycles. The highest BCUT2D eigenvalue weighted by Crippen LogP contribution is 2.26. The van der Waals surface area contributed by atoms with Crippen LogP contribution in [0, 0.1) is 16.0 Å². The number of nitro groups is 1. The molecule has 0 aliphatic carbocycles. The molecule has 1 heterocycles. The molecule has 24 heavy (non-hydrogen) atoms. The van der Waals surface area contributed by atoms with Crippen LogP contribution in [0.15, 0.2) is 58.8 Å². The summed E-state index contributed by atoms with van der Waals surface area (Å²) in [6.07, 6.45) is 2.48. The lowest BCUT2D eigenvalue weighted by atomic mass is 9.99. The molecule has 0 amide bonds. The van der Waals surface area contributed by atoms with Gasteiger partial charge in [-0.1, -0.05) is 6.92 Å². The highest BCUT2D eigenvalue weighted by atomic mass is 16.6. The Morgan fingerprint density at radius 3 is 1.96 bits per heavy atom. The molecular weight excluding hydrogens is 304 g/mol. The molecule has 0 radical (unpaired) electrons. The minimum absolute atomic E-state index is 0.0501. The van der Waals surface area contributed by atoms with Gasteiger partial charge in [-0.25, -0.2) is 0 Å². The number of hydrogen-bond acceptors (Lipinski definition) is 5. The summed E-state index contributed by atoms with van der Waals surface area (Å²) in [5, 5.41) is 18.9. The van der Waals surface area contributed by atoms with Gasteiger partial charge in [0.05, 0.1) is 16.3 Å². The second kappa shape index (κ2) is 7.21. The molecule has 0 N–H and O–H groups in total. The highest BCUT2D eigenvalue weighted by Gasteiger charge is 2.15. The standard InChI is InChI=1S/C18H20N4O2/c1-14-10-12-21(13-11-14)17-6-2-15(3-7-17)19-20-16-4-8-18(9-5-16)22(23)24/h2-9,14H,10-13H2,1H3. The number of rotatable bonds is 4. The molecule has 0 atom stereocenters. The third-order valence-corrected chi connectivity index (χ3v) is 4.34. The average Bonchev–Trinajstić information content (AvgIpc) is 2.61. The van der Waals surface area contributed by atoms with Crippen molar-refractivity contribution in [2.45, 2.75) is 19.8 Å². The number of piperidine rings is 1. The van der Waals surface area contributed by atoms with Crippen LogP contribution < -0.4 is 4.90 Å². The first-order valence-electron chi connectivity index (χ1n) is 8.13. The normalized spacial score (nSPS) is 15.8. The zero-order valence-corrected chi connectivity index (χ0v) is 13.6. The maximum atomic E-state index is 10.6. The Balaban J connectivity index is 1.64. The molecule has 0 bridgehead atoms. The van der Waals surface area contributed by atoms with E-state index in [-0.39, 0.29) is 5.69 Å². The average molecular weight is 324 g/mol. The number of non-ortho nitro benzene ring substituents is 1. The van der Waals surface area contributed by atoms with E-state index in [2.05, 4.69) is 34.2 Å². The van der Waals surface area contributed by atoms with Gasteiger partial charge < -0.3 is 4.90 Å². The first-order chi connectivity index (χ1) is 11.6. The Labute approximate surface area is 141 Å². The van der Waals surface area contributed by atoms with Crippen LogP contribution in [0.25, 0.3) is 0 Å². The van der Waals surface area contributed by atoms with Crippen molar-refractivity contribution in [1.29, 1.82) is 0 Å². The Morgan fingerprint density at radius 2 is 1.46 bits per heavy atom. The maximum Gasteiger partial charge on any atom is 0.269 e. The molecule has 0 unspecified atom stereocenters. The Kier molecular flexibility index (Phi) is 4.84. The van der Waals surface area contributed by atoms with Gasteiger partial charge >= 0.3 is 0 Å². The SMILES string of the molecule is CC1CCN(c2ccc(N=Nc3ccc([N+](=O)[O-])cc3)cc2)CC1. The number of azo groups is 1. The predicted octanol–water partition coefficient (Wildman–Crippen LogP) is 5.25. The minimum Gasteiger partial charge on any atom is -0.372 e. The van der Waals surface area contributed by atoms with Crippen LogP contribution in [0.2, 0.25) is 0 Å². The quantitative estimate of drug-likeness (QED) is 0.438. The van der Waals surface area contributed by atoms with Gasteiger partial charge in [0.15, 0.2) is 0 Å². The molecule has 1 fully saturated rings. The lowest BCUT2D eigenvalue weighted by Crippen LogP contribution is -2.32. The third kappa shape index (κ3) is 3.95. The van der Waals surface area contributed by atoms with Gasteiger partial charge in [0.2, 0.25) is 0 Å². The number of benzene rings is 2. The summed E-state index contributed by atoms with van der Waals surface area (Å²) in [4.78, 5) is 12.6. The molecule has 2 aromatic carbocycles. The summed E-state index contributed by atoms with van der Waals surface area (Å²) < 4.78 is 0. The van der Waals surface area contributed by atoms with Crippen LogP contribution in [0.4, 0.5) is 22.7 Å². The molecule has 3 rings (SSSR count). The molecular formula is C18H20N4O2. The van der Waals surface area contributed by atoms with E-state index in [9.17, 15) is 10.1 Å². The fourth-order valence-corrected chi connectivity index (χ4v) is 2.75. The second-order valence-electron chi connectivity index (χ2n) is 6.16. The second-order valence-corrected chi connectivity index (χ2v) is 6.16. The number of anilines is 1. The zero-order chi connectivity index (χ0) is 16.9. The molecule has 0 saturated carbocycles. The van der Waals surface area contributed by atoms with Gasteiger partial charge in [-0.05, 0) is 55.2 Å². The third-order valence-electron chi connectivity index (χ3n) is 4.34. The van der Waals surface area contributed by atoms with Gasteiger partial charge in [-0.2, -0.15) is 10.2 Å². The smallest absolute Gasteiger partial charge is 0.269 e. The van der Waals surface area contributed by atoms with E-state index in [0.717, 1.165) is 24.7 Å². The fourth-order valence-electron chi connectivity index (χ4n) is 2.75. The van der Waals surface area contributed by atoms with Crippen LogP contribution in [0.3, 0.4) is 0 Å². The van der Waals surface area contributed by atoms with Crippen LogP contribution in [0.5, 0.6) is 0 Å². The topological polar surface area (TPSA) is 71.1 Å². The van der Waals surface area contributed by atoms with Gasteiger partial charge in [0.1, 0.15) is 0 Å². The lowest BCUT2D eigenvalue weighted by molar-refractivity contribution is -0.384. The van der Waals surface area contributed by atoms with Crippen LogP contribution in [-0.4, -0.2) is 18.0 Å². The van der Waals surface area contributed by atoms with Crippen molar-refractivity contribution in [3.63, 3.8) is 0 Å². The van der Waals surface area contributed by atoms with E-state index in [0.29, 0.717) is 5.69 Å². The fraction of sp³-hybridized carbons (Fsp3) is 0.333. The van der Waals surface area contributed by atoms with Crippen molar-refractivity contribution in [2.75, 3.05) is 18.0 Å². The minimum atomic E-state index is -0.430. The lowest BCUT2D eigenvalue weighted by Gasteiger charge is -2.32. The van der Waals surface area contributed by atoms with E-state index in [4.69, 9.17) is 0 Å². The monoisotopic (exact) mass is 324 g/mol. The summed E-state index contributed by atoms with van der Waals surface area (Å²) in [6.45, 7) is 4.51. The van der Waals surface area contributed by atoms with Crippen LogP contribution >= 0.6 is 0 Å². The summed E-state index contributed by atoms with van der Waals surface area (Å²) in [5.74, 6) is 0.816. The van der Waals surface area contributed by atoms with Gasteiger partial charge in [0, 0.05) is 30.9 Å². The summed E-state index contributed by atoms with van der Waals surface area (Å²) in [5.41, 5.74) is 2.63.